The quantitative estimate of drug-likeness (QED) is 0.700. The number of rotatable bonds is 8. The standard InChI is InChI=1S/C21H25NO6/c1-13-9-17(14(2)22(13)11-16-5-4-8-27-16)18(23)12-28-19-7-6-15(21(24)25)10-20(19)26-3/h6-7,9-10,16H,4-5,8,11-12H2,1-3H3,(H,24,25)/t16-/m0/s1. The minimum absolute atomic E-state index is 0.0909. The van der Waals surface area contributed by atoms with Crippen LogP contribution in [0.5, 0.6) is 11.5 Å². The number of carbonyl (C=O) groups excluding carboxylic acids is 1. The van der Waals surface area contributed by atoms with Crippen molar-refractivity contribution in [1.29, 1.82) is 0 Å². The van der Waals surface area contributed by atoms with Crippen molar-refractivity contribution in [2.24, 2.45) is 0 Å². The molecule has 0 amide bonds. The van der Waals surface area contributed by atoms with Crippen LogP contribution in [-0.2, 0) is 11.3 Å². The van der Waals surface area contributed by atoms with Gasteiger partial charge >= 0.3 is 5.97 Å². The third-order valence-corrected chi connectivity index (χ3v) is 5.05. The Balaban J connectivity index is 1.71. The zero-order valence-corrected chi connectivity index (χ0v) is 16.4. The number of methoxy groups -OCH3 is 1. The van der Waals surface area contributed by atoms with Crippen molar-refractivity contribution in [3.63, 3.8) is 0 Å². The highest BCUT2D eigenvalue weighted by molar-refractivity contribution is 5.98. The molecule has 2 heterocycles. The highest BCUT2D eigenvalue weighted by Crippen LogP contribution is 2.28. The average molecular weight is 387 g/mol. The van der Waals surface area contributed by atoms with E-state index in [1.165, 1.54) is 25.3 Å². The zero-order chi connectivity index (χ0) is 20.3. The fraction of sp³-hybridized carbons (Fsp3) is 0.429. The normalized spacial score (nSPS) is 16.2. The summed E-state index contributed by atoms with van der Waals surface area (Å²) in [5.41, 5.74) is 2.62. The molecular formula is C21H25NO6. The van der Waals surface area contributed by atoms with Crippen molar-refractivity contribution in [3.05, 3.63) is 46.8 Å². The number of aromatic carboxylic acids is 1. The Hall–Kier alpha value is -2.80. The van der Waals surface area contributed by atoms with Gasteiger partial charge in [0.05, 0.1) is 18.8 Å². The minimum atomic E-state index is -1.06. The highest BCUT2D eigenvalue weighted by Gasteiger charge is 2.21. The molecule has 3 rings (SSSR count). The number of Topliss-reactive ketones (excluding diaryl/α,β-unsaturated/α-hetero) is 1. The molecule has 2 aromatic rings. The van der Waals surface area contributed by atoms with Crippen molar-refractivity contribution < 1.29 is 28.9 Å². The molecule has 0 radical (unpaired) electrons. The molecule has 1 aliphatic heterocycles. The first-order valence-corrected chi connectivity index (χ1v) is 9.26. The van der Waals surface area contributed by atoms with E-state index in [1.807, 2.05) is 19.9 Å². The molecule has 1 aliphatic rings. The first kappa shape index (κ1) is 19.9. The molecule has 1 aromatic carbocycles. The summed E-state index contributed by atoms with van der Waals surface area (Å²) in [5, 5.41) is 9.06. The number of aromatic nitrogens is 1. The van der Waals surface area contributed by atoms with Gasteiger partial charge in [0.15, 0.2) is 18.1 Å². The van der Waals surface area contributed by atoms with Crippen molar-refractivity contribution >= 4 is 11.8 Å². The van der Waals surface area contributed by atoms with Crippen molar-refractivity contribution in [2.45, 2.75) is 39.3 Å². The molecule has 1 atom stereocenters. The van der Waals surface area contributed by atoms with Crippen LogP contribution in [0.2, 0.25) is 0 Å². The van der Waals surface area contributed by atoms with E-state index < -0.39 is 5.97 Å². The third kappa shape index (κ3) is 4.20. The molecule has 7 heteroatoms. The summed E-state index contributed by atoms with van der Waals surface area (Å²) >= 11 is 0. The van der Waals surface area contributed by atoms with E-state index in [2.05, 4.69) is 4.57 Å². The predicted molar refractivity (Wildman–Crippen MR) is 103 cm³/mol. The van der Waals surface area contributed by atoms with Crippen molar-refractivity contribution in [3.8, 4) is 11.5 Å². The number of carboxylic acids is 1. The highest BCUT2D eigenvalue weighted by atomic mass is 16.5. The van der Waals surface area contributed by atoms with Gasteiger partial charge in [0.2, 0.25) is 5.78 Å². The van der Waals surface area contributed by atoms with Gasteiger partial charge in [-0.05, 0) is 51.0 Å². The van der Waals surface area contributed by atoms with Gasteiger partial charge in [0.1, 0.15) is 0 Å². The first-order chi connectivity index (χ1) is 13.4. The molecule has 150 valence electrons. The Morgan fingerprint density at radius 3 is 2.68 bits per heavy atom. The molecule has 0 saturated carbocycles. The average Bonchev–Trinajstić information content (AvgIpc) is 3.29. The number of nitrogens with zero attached hydrogens (tertiary/aromatic N) is 1. The maximum atomic E-state index is 12.7. The second-order valence-electron chi connectivity index (χ2n) is 6.91. The molecule has 0 bridgehead atoms. The zero-order valence-electron chi connectivity index (χ0n) is 16.4. The number of hydrogen-bond acceptors (Lipinski definition) is 5. The lowest BCUT2D eigenvalue weighted by molar-refractivity contribution is 0.0695. The summed E-state index contributed by atoms with van der Waals surface area (Å²) in [7, 11) is 1.42. The Labute approximate surface area is 163 Å². The summed E-state index contributed by atoms with van der Waals surface area (Å²) in [6.07, 6.45) is 2.31. The Bertz CT molecular complexity index is 879. The van der Waals surface area contributed by atoms with Crippen LogP contribution in [-0.4, -0.2) is 47.9 Å². The molecule has 28 heavy (non-hydrogen) atoms. The van der Waals surface area contributed by atoms with Gasteiger partial charge in [-0.25, -0.2) is 4.79 Å². The second-order valence-corrected chi connectivity index (χ2v) is 6.91. The second kappa shape index (κ2) is 8.48. The summed E-state index contributed by atoms with van der Waals surface area (Å²) < 4.78 is 18.6. The molecule has 1 saturated heterocycles. The van der Waals surface area contributed by atoms with E-state index in [0.717, 1.165) is 37.4 Å². The lowest BCUT2D eigenvalue weighted by Crippen LogP contribution is -2.18. The molecule has 1 fully saturated rings. The fourth-order valence-electron chi connectivity index (χ4n) is 3.50. The van der Waals surface area contributed by atoms with Gasteiger partial charge in [-0.2, -0.15) is 0 Å². The number of carboxylic acid groups (broad SMARTS) is 1. The molecule has 0 unspecified atom stereocenters. The van der Waals surface area contributed by atoms with Crippen LogP contribution in [0.15, 0.2) is 24.3 Å². The Morgan fingerprint density at radius 2 is 2.04 bits per heavy atom. The maximum Gasteiger partial charge on any atom is 0.335 e. The molecular weight excluding hydrogens is 362 g/mol. The van der Waals surface area contributed by atoms with Crippen LogP contribution in [0.1, 0.15) is 44.9 Å². The van der Waals surface area contributed by atoms with Gasteiger partial charge in [0.25, 0.3) is 0 Å². The number of ether oxygens (including phenoxy) is 3. The Kier molecular flexibility index (Phi) is 6.04. The fourth-order valence-corrected chi connectivity index (χ4v) is 3.50. The minimum Gasteiger partial charge on any atom is -0.493 e. The van der Waals surface area contributed by atoms with Crippen LogP contribution in [0, 0.1) is 13.8 Å². The number of carbonyl (C=O) groups is 2. The number of benzene rings is 1. The summed E-state index contributed by atoms with van der Waals surface area (Å²) in [6.45, 7) is 5.29. The van der Waals surface area contributed by atoms with Gasteiger partial charge < -0.3 is 23.9 Å². The molecule has 1 aromatic heterocycles. The lowest BCUT2D eigenvalue weighted by atomic mass is 10.1. The molecule has 0 spiro atoms. The number of ketones is 1. The topological polar surface area (TPSA) is 87.0 Å². The van der Waals surface area contributed by atoms with Crippen LogP contribution < -0.4 is 9.47 Å². The predicted octanol–water partition coefficient (Wildman–Crippen LogP) is 3.25. The van der Waals surface area contributed by atoms with Gasteiger partial charge in [-0.15, -0.1) is 0 Å². The molecule has 0 aliphatic carbocycles. The third-order valence-electron chi connectivity index (χ3n) is 5.05. The summed E-state index contributed by atoms with van der Waals surface area (Å²) in [5.74, 6) is -0.596. The van der Waals surface area contributed by atoms with Crippen LogP contribution in [0.4, 0.5) is 0 Å². The molecule has 1 N–H and O–H groups in total. The Morgan fingerprint density at radius 1 is 1.25 bits per heavy atom. The number of hydrogen-bond donors (Lipinski definition) is 1. The van der Waals surface area contributed by atoms with E-state index in [4.69, 9.17) is 19.3 Å². The first-order valence-electron chi connectivity index (χ1n) is 9.26. The smallest absolute Gasteiger partial charge is 0.335 e. The van der Waals surface area contributed by atoms with E-state index in [0.29, 0.717) is 11.3 Å². The number of aryl methyl sites for hydroxylation is 1. The van der Waals surface area contributed by atoms with Crippen molar-refractivity contribution in [1.82, 2.24) is 4.57 Å². The van der Waals surface area contributed by atoms with Crippen LogP contribution >= 0.6 is 0 Å². The van der Waals surface area contributed by atoms with Crippen molar-refractivity contribution in [2.75, 3.05) is 20.3 Å². The van der Waals surface area contributed by atoms with E-state index in [-0.39, 0.29) is 29.8 Å². The molecule has 7 nitrogen and oxygen atoms in total. The summed E-state index contributed by atoms with van der Waals surface area (Å²) in [6, 6.07) is 6.16. The SMILES string of the molecule is COc1cc(C(=O)O)ccc1OCC(=O)c1cc(C)n(C[C@@H]2CCCO2)c1C. The van der Waals surface area contributed by atoms with E-state index >= 15 is 0 Å². The van der Waals surface area contributed by atoms with Gasteiger partial charge in [-0.1, -0.05) is 0 Å². The maximum absolute atomic E-state index is 12.7. The van der Waals surface area contributed by atoms with E-state index in [9.17, 15) is 9.59 Å². The van der Waals surface area contributed by atoms with Gasteiger partial charge in [0, 0.05) is 30.1 Å². The lowest BCUT2D eigenvalue weighted by Gasteiger charge is -2.15. The van der Waals surface area contributed by atoms with E-state index in [1.54, 1.807) is 0 Å². The van der Waals surface area contributed by atoms with Crippen LogP contribution in [0.3, 0.4) is 0 Å². The van der Waals surface area contributed by atoms with Crippen LogP contribution in [0.25, 0.3) is 0 Å². The largest absolute Gasteiger partial charge is 0.493 e. The van der Waals surface area contributed by atoms with Gasteiger partial charge in [-0.3, -0.25) is 4.79 Å². The monoisotopic (exact) mass is 387 g/mol. The summed E-state index contributed by atoms with van der Waals surface area (Å²) in [4.78, 5) is 23.8.